The van der Waals surface area contributed by atoms with Crippen molar-refractivity contribution in [2.75, 3.05) is 6.54 Å². The Balaban J connectivity index is 2.41. The summed E-state index contributed by atoms with van der Waals surface area (Å²) in [5, 5.41) is 8.95. The molecule has 1 amide bonds. The van der Waals surface area contributed by atoms with Gasteiger partial charge in [0.25, 0.3) is 0 Å². The fraction of sp³-hybridized carbons (Fsp3) is 0.667. The smallest absolute Gasteiger partial charge is 0.407 e. The van der Waals surface area contributed by atoms with E-state index in [9.17, 15) is 4.79 Å². The van der Waals surface area contributed by atoms with Crippen LogP contribution >= 0.6 is 22.9 Å². The van der Waals surface area contributed by atoms with Crippen molar-refractivity contribution in [3.8, 4) is 0 Å². The van der Waals surface area contributed by atoms with Gasteiger partial charge in [-0.15, -0.1) is 11.3 Å². The molecular weight excluding hydrogens is 308 g/mol. The molecular formula is C15H25ClN2O2S. The Hall–Kier alpha value is -0.780. The van der Waals surface area contributed by atoms with Gasteiger partial charge in [0.05, 0.1) is 5.02 Å². The lowest BCUT2D eigenvalue weighted by Crippen LogP contribution is -2.45. The van der Waals surface area contributed by atoms with Crippen molar-refractivity contribution in [1.29, 1.82) is 0 Å². The van der Waals surface area contributed by atoms with Gasteiger partial charge in [-0.25, -0.2) is 4.79 Å². The lowest BCUT2D eigenvalue weighted by atomic mass is 10.0. The number of ether oxygens (including phenoxy) is 1. The Morgan fingerprint density at radius 3 is 2.57 bits per heavy atom. The normalized spacial score (nSPS) is 13.3. The topological polar surface area (TPSA) is 50.4 Å². The predicted octanol–water partition coefficient (Wildman–Crippen LogP) is 4.04. The Morgan fingerprint density at radius 2 is 2.10 bits per heavy atom. The zero-order chi connectivity index (χ0) is 16.0. The molecule has 0 aliphatic rings. The molecule has 0 radical (unpaired) electrons. The van der Waals surface area contributed by atoms with Crippen LogP contribution in [0.4, 0.5) is 4.79 Å². The number of hydrogen-bond donors (Lipinski definition) is 2. The summed E-state index contributed by atoms with van der Waals surface area (Å²) in [4.78, 5) is 12.9. The summed E-state index contributed by atoms with van der Waals surface area (Å²) in [6.45, 7) is 11.1. The summed E-state index contributed by atoms with van der Waals surface area (Å²) >= 11 is 7.54. The third-order valence-corrected chi connectivity index (χ3v) is 4.11. The summed E-state index contributed by atoms with van der Waals surface area (Å²) < 4.78 is 5.24. The molecule has 6 heteroatoms. The van der Waals surface area contributed by atoms with E-state index in [1.165, 1.54) is 4.88 Å². The van der Waals surface area contributed by atoms with E-state index in [1.807, 2.05) is 32.2 Å². The van der Waals surface area contributed by atoms with Crippen molar-refractivity contribution in [2.45, 2.75) is 52.8 Å². The molecule has 1 aromatic heterocycles. The third-order valence-electron chi connectivity index (χ3n) is 2.83. The average molecular weight is 333 g/mol. The molecule has 1 unspecified atom stereocenters. The standard InChI is InChI=1S/C15H25ClN2O2S/c1-10(2)13(8-18-14(19)20-15(3,4)5)17-7-12-6-11(16)9-21-12/h6,9-10,13,17H,7-8H2,1-5H3,(H,18,19). The van der Waals surface area contributed by atoms with Crippen molar-refractivity contribution in [1.82, 2.24) is 10.6 Å². The molecule has 1 atom stereocenters. The number of carbonyl (C=O) groups excluding carboxylic acids is 1. The second kappa shape index (κ2) is 8.01. The number of rotatable bonds is 6. The number of amides is 1. The van der Waals surface area contributed by atoms with Crippen LogP contribution in [0, 0.1) is 5.92 Å². The van der Waals surface area contributed by atoms with E-state index in [0.29, 0.717) is 12.5 Å². The van der Waals surface area contributed by atoms with E-state index in [4.69, 9.17) is 16.3 Å². The first-order valence-corrected chi connectivity index (χ1v) is 8.36. The summed E-state index contributed by atoms with van der Waals surface area (Å²) in [5.41, 5.74) is -0.474. The Bertz CT molecular complexity index is 455. The molecule has 0 spiro atoms. The molecule has 1 rings (SSSR count). The number of thiophene rings is 1. The summed E-state index contributed by atoms with van der Waals surface area (Å²) in [6, 6.07) is 2.14. The van der Waals surface area contributed by atoms with Gasteiger partial charge >= 0.3 is 6.09 Å². The Labute approximate surface area is 136 Å². The van der Waals surface area contributed by atoms with E-state index >= 15 is 0 Å². The van der Waals surface area contributed by atoms with Gasteiger partial charge in [0.2, 0.25) is 0 Å². The van der Waals surface area contributed by atoms with E-state index in [1.54, 1.807) is 11.3 Å². The highest BCUT2D eigenvalue weighted by atomic mass is 35.5. The first-order chi connectivity index (χ1) is 9.67. The number of carbonyl (C=O) groups is 1. The van der Waals surface area contributed by atoms with Crippen LogP contribution in [0.2, 0.25) is 5.02 Å². The van der Waals surface area contributed by atoms with Crippen molar-refractivity contribution in [3.05, 3.63) is 21.3 Å². The van der Waals surface area contributed by atoms with Gasteiger partial charge in [-0.1, -0.05) is 25.4 Å². The van der Waals surface area contributed by atoms with Gasteiger partial charge in [0, 0.05) is 29.4 Å². The largest absolute Gasteiger partial charge is 0.444 e. The van der Waals surface area contributed by atoms with Crippen LogP contribution in [0.15, 0.2) is 11.4 Å². The minimum Gasteiger partial charge on any atom is -0.444 e. The number of nitrogens with one attached hydrogen (secondary N) is 2. The fourth-order valence-corrected chi connectivity index (χ4v) is 2.75. The SMILES string of the molecule is CC(C)C(CNC(=O)OC(C)(C)C)NCc1cc(Cl)cs1. The molecule has 21 heavy (non-hydrogen) atoms. The van der Waals surface area contributed by atoms with Gasteiger partial charge < -0.3 is 15.4 Å². The minimum atomic E-state index is -0.474. The third kappa shape index (κ3) is 7.69. The van der Waals surface area contributed by atoms with Crippen LogP contribution in [0.1, 0.15) is 39.5 Å². The molecule has 1 aromatic rings. The maximum atomic E-state index is 11.7. The second-order valence-electron chi connectivity index (χ2n) is 6.35. The van der Waals surface area contributed by atoms with E-state index in [0.717, 1.165) is 11.6 Å². The molecule has 0 saturated carbocycles. The highest BCUT2D eigenvalue weighted by Gasteiger charge is 2.18. The summed E-state index contributed by atoms with van der Waals surface area (Å²) in [5.74, 6) is 0.398. The molecule has 1 heterocycles. The first kappa shape index (κ1) is 18.3. The summed E-state index contributed by atoms with van der Waals surface area (Å²) in [6.07, 6.45) is -0.380. The summed E-state index contributed by atoms with van der Waals surface area (Å²) in [7, 11) is 0. The molecule has 0 bridgehead atoms. The molecule has 2 N–H and O–H groups in total. The van der Waals surface area contributed by atoms with Crippen molar-refractivity contribution >= 4 is 29.0 Å². The van der Waals surface area contributed by atoms with E-state index in [-0.39, 0.29) is 12.1 Å². The lowest BCUT2D eigenvalue weighted by molar-refractivity contribution is 0.0519. The molecule has 0 saturated heterocycles. The van der Waals surface area contributed by atoms with Crippen LogP contribution in [-0.2, 0) is 11.3 Å². The monoisotopic (exact) mass is 332 g/mol. The highest BCUT2D eigenvalue weighted by Crippen LogP contribution is 2.19. The molecule has 0 aliphatic carbocycles. The Morgan fingerprint density at radius 1 is 1.43 bits per heavy atom. The number of alkyl carbamates (subject to hydrolysis) is 1. The van der Waals surface area contributed by atoms with Crippen molar-refractivity contribution in [3.63, 3.8) is 0 Å². The number of hydrogen-bond acceptors (Lipinski definition) is 4. The van der Waals surface area contributed by atoms with Crippen molar-refractivity contribution in [2.24, 2.45) is 5.92 Å². The zero-order valence-electron chi connectivity index (χ0n) is 13.3. The quantitative estimate of drug-likeness (QED) is 0.826. The average Bonchev–Trinajstić information content (AvgIpc) is 2.72. The molecule has 4 nitrogen and oxygen atoms in total. The van der Waals surface area contributed by atoms with Crippen LogP contribution < -0.4 is 10.6 Å². The van der Waals surface area contributed by atoms with Crippen LogP contribution in [0.5, 0.6) is 0 Å². The predicted molar refractivity (Wildman–Crippen MR) is 89.0 cm³/mol. The van der Waals surface area contributed by atoms with E-state index in [2.05, 4.69) is 24.5 Å². The zero-order valence-corrected chi connectivity index (χ0v) is 14.9. The maximum Gasteiger partial charge on any atom is 0.407 e. The van der Waals surface area contributed by atoms with E-state index < -0.39 is 5.60 Å². The van der Waals surface area contributed by atoms with Crippen LogP contribution in [0.25, 0.3) is 0 Å². The minimum absolute atomic E-state index is 0.179. The second-order valence-corrected chi connectivity index (χ2v) is 7.78. The maximum absolute atomic E-state index is 11.7. The van der Waals surface area contributed by atoms with Crippen molar-refractivity contribution < 1.29 is 9.53 Å². The highest BCUT2D eigenvalue weighted by molar-refractivity contribution is 7.10. The molecule has 0 aromatic carbocycles. The Kier molecular flexibility index (Phi) is 6.97. The fourth-order valence-electron chi connectivity index (χ4n) is 1.73. The van der Waals surface area contributed by atoms with Crippen LogP contribution in [-0.4, -0.2) is 24.3 Å². The lowest BCUT2D eigenvalue weighted by Gasteiger charge is -2.24. The van der Waals surface area contributed by atoms with Gasteiger partial charge in [-0.3, -0.25) is 0 Å². The van der Waals surface area contributed by atoms with Gasteiger partial charge in [0.1, 0.15) is 5.60 Å². The first-order valence-electron chi connectivity index (χ1n) is 7.10. The molecule has 120 valence electrons. The van der Waals surface area contributed by atoms with Gasteiger partial charge in [-0.2, -0.15) is 0 Å². The van der Waals surface area contributed by atoms with Crippen LogP contribution in [0.3, 0.4) is 0 Å². The molecule has 0 aliphatic heterocycles. The molecule has 0 fully saturated rings. The number of halogens is 1. The van der Waals surface area contributed by atoms with Gasteiger partial charge in [0.15, 0.2) is 0 Å². The van der Waals surface area contributed by atoms with Gasteiger partial charge in [-0.05, 0) is 32.8 Å².